The highest BCUT2D eigenvalue weighted by Gasteiger charge is 2.13. The lowest BCUT2D eigenvalue weighted by molar-refractivity contribution is -0.114. The fraction of sp³-hybridized carbons (Fsp3) is 0.0476. The first-order valence-electron chi connectivity index (χ1n) is 8.57. The monoisotopic (exact) mass is 415 g/mol. The Morgan fingerprint density at radius 2 is 1.52 bits per heavy atom. The summed E-state index contributed by atoms with van der Waals surface area (Å²) in [7, 11) is 0. The van der Waals surface area contributed by atoms with Gasteiger partial charge in [-0.05, 0) is 54.6 Å². The fourth-order valence-corrected chi connectivity index (χ4v) is 2.74. The number of carbonyl (C=O) groups is 2. The van der Waals surface area contributed by atoms with Crippen molar-refractivity contribution in [1.29, 1.82) is 0 Å². The third-order valence-electron chi connectivity index (χ3n) is 3.92. The summed E-state index contributed by atoms with van der Waals surface area (Å²) in [4.78, 5) is 24.7. The molecule has 0 atom stereocenters. The molecular weight excluding hydrogens is 400 g/mol. The van der Waals surface area contributed by atoms with Crippen molar-refractivity contribution in [3.63, 3.8) is 0 Å². The van der Waals surface area contributed by atoms with Gasteiger partial charge in [0.15, 0.2) is 0 Å². The molecule has 2 amide bonds. The normalized spacial score (nSPS) is 10.3. The maximum absolute atomic E-state index is 13.1. The Kier molecular flexibility index (Phi) is 6.41. The van der Waals surface area contributed by atoms with Crippen molar-refractivity contribution in [2.75, 3.05) is 22.5 Å². The molecule has 0 aliphatic heterocycles. The van der Waals surface area contributed by atoms with Crippen molar-refractivity contribution < 1.29 is 18.4 Å². The van der Waals surface area contributed by atoms with Crippen LogP contribution in [0.5, 0.6) is 0 Å². The number of anilines is 3. The summed E-state index contributed by atoms with van der Waals surface area (Å²) in [6.07, 6.45) is 0. The molecule has 0 saturated heterocycles. The highest BCUT2D eigenvalue weighted by atomic mass is 35.5. The first-order chi connectivity index (χ1) is 13.9. The van der Waals surface area contributed by atoms with Crippen LogP contribution in [-0.4, -0.2) is 18.4 Å². The van der Waals surface area contributed by atoms with E-state index in [0.717, 1.165) is 6.07 Å². The lowest BCUT2D eigenvalue weighted by Gasteiger charge is -2.13. The first kappa shape index (κ1) is 20.3. The van der Waals surface area contributed by atoms with E-state index >= 15 is 0 Å². The summed E-state index contributed by atoms with van der Waals surface area (Å²) >= 11 is 5.89. The maximum atomic E-state index is 13.1. The van der Waals surface area contributed by atoms with Gasteiger partial charge in [0.1, 0.15) is 11.6 Å². The molecule has 0 aliphatic rings. The van der Waals surface area contributed by atoms with Crippen LogP contribution in [0.25, 0.3) is 0 Å². The van der Waals surface area contributed by atoms with Crippen LogP contribution in [-0.2, 0) is 4.79 Å². The summed E-state index contributed by atoms with van der Waals surface area (Å²) in [5.74, 6) is -1.75. The fourth-order valence-electron chi connectivity index (χ4n) is 2.53. The molecular formula is C21H16ClF2N3O2. The number of hydrogen-bond donors (Lipinski definition) is 3. The molecule has 8 heteroatoms. The second-order valence-corrected chi connectivity index (χ2v) is 6.44. The largest absolute Gasteiger partial charge is 0.376 e. The lowest BCUT2D eigenvalue weighted by Crippen LogP contribution is -2.23. The molecule has 0 aromatic heterocycles. The summed E-state index contributed by atoms with van der Waals surface area (Å²) < 4.78 is 26.1. The molecule has 0 spiro atoms. The molecule has 0 radical (unpaired) electrons. The predicted molar refractivity (Wildman–Crippen MR) is 109 cm³/mol. The van der Waals surface area contributed by atoms with E-state index in [9.17, 15) is 18.4 Å². The molecule has 3 aromatic rings. The molecule has 3 aromatic carbocycles. The summed E-state index contributed by atoms with van der Waals surface area (Å²) in [6, 6.07) is 15.7. The van der Waals surface area contributed by atoms with Crippen LogP contribution in [0.4, 0.5) is 25.8 Å². The summed E-state index contributed by atoms with van der Waals surface area (Å²) in [5.41, 5.74) is 1.47. The Morgan fingerprint density at radius 1 is 0.828 bits per heavy atom. The van der Waals surface area contributed by atoms with E-state index < -0.39 is 23.4 Å². The van der Waals surface area contributed by atoms with E-state index in [1.807, 2.05) is 0 Å². The van der Waals surface area contributed by atoms with Crippen LogP contribution < -0.4 is 16.0 Å². The van der Waals surface area contributed by atoms with E-state index in [0.29, 0.717) is 16.9 Å². The zero-order valence-corrected chi connectivity index (χ0v) is 15.8. The van der Waals surface area contributed by atoms with E-state index in [1.54, 1.807) is 24.3 Å². The Balaban J connectivity index is 1.64. The minimum absolute atomic E-state index is 0.0809. The minimum Gasteiger partial charge on any atom is -0.376 e. The molecule has 0 bridgehead atoms. The number of carbonyl (C=O) groups excluding carboxylic acids is 2. The van der Waals surface area contributed by atoms with E-state index in [4.69, 9.17) is 11.6 Å². The standard InChI is InChI=1S/C21H16ClF2N3O2/c22-17-11-14(24)7-10-19(17)27-20(28)12-25-18-4-2-1-3-16(18)21(29)26-15-8-5-13(23)6-9-15/h1-11,25H,12H2,(H,26,29)(H,27,28). The first-order valence-corrected chi connectivity index (χ1v) is 8.95. The Hall–Kier alpha value is -3.45. The number of amides is 2. The molecule has 5 nitrogen and oxygen atoms in total. The van der Waals surface area contributed by atoms with E-state index in [1.165, 1.54) is 36.4 Å². The van der Waals surface area contributed by atoms with Crippen LogP contribution in [0, 0.1) is 11.6 Å². The van der Waals surface area contributed by atoms with Gasteiger partial charge in [-0.2, -0.15) is 0 Å². The van der Waals surface area contributed by atoms with Gasteiger partial charge in [-0.3, -0.25) is 9.59 Å². The van der Waals surface area contributed by atoms with Crippen LogP contribution in [0.2, 0.25) is 5.02 Å². The van der Waals surface area contributed by atoms with E-state index in [2.05, 4.69) is 16.0 Å². The highest BCUT2D eigenvalue weighted by molar-refractivity contribution is 6.33. The van der Waals surface area contributed by atoms with E-state index in [-0.39, 0.29) is 17.3 Å². The predicted octanol–water partition coefficient (Wildman–Crippen LogP) is 4.92. The zero-order valence-electron chi connectivity index (χ0n) is 15.0. The average molecular weight is 416 g/mol. The van der Waals surface area contributed by atoms with Crippen LogP contribution in [0.15, 0.2) is 66.7 Å². The van der Waals surface area contributed by atoms with Gasteiger partial charge in [-0.1, -0.05) is 23.7 Å². The summed E-state index contributed by atoms with van der Waals surface area (Å²) in [6.45, 7) is -0.144. The Bertz CT molecular complexity index is 1040. The second-order valence-electron chi connectivity index (χ2n) is 6.03. The molecule has 3 N–H and O–H groups in total. The van der Waals surface area contributed by atoms with Gasteiger partial charge < -0.3 is 16.0 Å². The molecule has 0 heterocycles. The number of para-hydroxylation sites is 1. The third kappa shape index (κ3) is 5.52. The maximum Gasteiger partial charge on any atom is 0.257 e. The van der Waals surface area contributed by atoms with Gasteiger partial charge in [-0.25, -0.2) is 8.78 Å². The topological polar surface area (TPSA) is 70.2 Å². The number of halogens is 3. The SMILES string of the molecule is O=C(CNc1ccccc1C(=O)Nc1ccc(F)cc1)Nc1ccc(F)cc1Cl. The van der Waals surface area contributed by atoms with Gasteiger partial charge in [0, 0.05) is 11.4 Å². The molecule has 0 saturated carbocycles. The number of benzene rings is 3. The number of nitrogens with one attached hydrogen (secondary N) is 3. The quantitative estimate of drug-likeness (QED) is 0.535. The van der Waals surface area contributed by atoms with Crippen molar-refractivity contribution in [1.82, 2.24) is 0 Å². The molecule has 3 rings (SSSR count). The van der Waals surface area contributed by atoms with Crippen molar-refractivity contribution >= 4 is 40.5 Å². The highest BCUT2D eigenvalue weighted by Crippen LogP contribution is 2.22. The van der Waals surface area contributed by atoms with Crippen molar-refractivity contribution in [3.8, 4) is 0 Å². The molecule has 0 aliphatic carbocycles. The molecule has 0 fully saturated rings. The van der Waals surface area contributed by atoms with Crippen LogP contribution in [0.3, 0.4) is 0 Å². The Labute approximate surface area is 170 Å². The lowest BCUT2D eigenvalue weighted by atomic mass is 10.1. The minimum atomic E-state index is -0.507. The average Bonchev–Trinajstić information content (AvgIpc) is 2.70. The van der Waals surface area contributed by atoms with Crippen LogP contribution >= 0.6 is 11.6 Å². The van der Waals surface area contributed by atoms with Gasteiger partial charge >= 0.3 is 0 Å². The van der Waals surface area contributed by atoms with Crippen molar-refractivity contribution in [2.45, 2.75) is 0 Å². The van der Waals surface area contributed by atoms with Crippen molar-refractivity contribution in [3.05, 3.63) is 89.0 Å². The second kappa shape index (κ2) is 9.16. The summed E-state index contributed by atoms with van der Waals surface area (Å²) in [5, 5.41) is 8.20. The zero-order chi connectivity index (χ0) is 20.8. The number of rotatable bonds is 6. The van der Waals surface area contributed by atoms with Gasteiger partial charge in [0.25, 0.3) is 5.91 Å². The van der Waals surface area contributed by atoms with Crippen molar-refractivity contribution in [2.24, 2.45) is 0 Å². The van der Waals surface area contributed by atoms with Crippen LogP contribution in [0.1, 0.15) is 10.4 Å². The van der Waals surface area contributed by atoms with Gasteiger partial charge in [0.2, 0.25) is 5.91 Å². The molecule has 148 valence electrons. The Morgan fingerprint density at radius 3 is 2.24 bits per heavy atom. The molecule has 0 unspecified atom stereocenters. The van der Waals surface area contributed by atoms with Gasteiger partial charge in [-0.15, -0.1) is 0 Å². The van der Waals surface area contributed by atoms with Gasteiger partial charge in [0.05, 0.1) is 22.8 Å². The molecule has 29 heavy (non-hydrogen) atoms. The smallest absolute Gasteiger partial charge is 0.257 e. The third-order valence-corrected chi connectivity index (χ3v) is 4.23. The number of hydrogen-bond acceptors (Lipinski definition) is 3.